The lowest BCUT2D eigenvalue weighted by Gasteiger charge is -2.10. The van der Waals surface area contributed by atoms with E-state index in [1.165, 1.54) is 5.56 Å². The summed E-state index contributed by atoms with van der Waals surface area (Å²) in [5.74, 6) is 0. The molecule has 17 heavy (non-hydrogen) atoms. The fraction of sp³-hybridized carbons (Fsp3) is 0.333. The zero-order valence-corrected chi connectivity index (χ0v) is 11.6. The largest absolute Gasteiger partial charge is 0.392 e. The summed E-state index contributed by atoms with van der Waals surface area (Å²) in [4.78, 5) is 0. The van der Waals surface area contributed by atoms with Crippen LogP contribution in [0.1, 0.15) is 29.2 Å². The smallest absolute Gasteiger partial charge is 0.0617 e. The first-order chi connectivity index (χ1) is 7.97. The van der Waals surface area contributed by atoms with Crippen molar-refractivity contribution in [2.75, 3.05) is 6.61 Å². The Labute approximate surface area is 108 Å². The Hall–Kier alpha value is -1.05. The van der Waals surface area contributed by atoms with Crippen molar-refractivity contribution < 1.29 is 5.11 Å². The third kappa shape index (κ3) is 3.45. The summed E-state index contributed by atoms with van der Waals surface area (Å²) in [7, 11) is 0. The molecule has 0 amide bonds. The van der Waals surface area contributed by atoms with Crippen LogP contribution in [0, 0.1) is 20.8 Å². The summed E-state index contributed by atoms with van der Waals surface area (Å²) in [5.41, 5.74) is 5.64. The molecule has 0 unspecified atom stereocenters. The van der Waals surface area contributed by atoms with E-state index in [0.29, 0.717) is 0 Å². The molecule has 0 radical (unpaired) electrons. The Morgan fingerprint density at radius 2 is 1.94 bits per heavy atom. The van der Waals surface area contributed by atoms with Crippen molar-refractivity contribution in [1.82, 2.24) is 0 Å². The van der Waals surface area contributed by atoms with Gasteiger partial charge in [0.25, 0.3) is 0 Å². The minimum atomic E-state index is 0.0722. The van der Waals surface area contributed by atoms with Gasteiger partial charge < -0.3 is 5.11 Å². The van der Waals surface area contributed by atoms with Crippen LogP contribution in [0.25, 0.3) is 6.08 Å². The first-order valence-corrected chi connectivity index (χ1v) is 6.07. The topological polar surface area (TPSA) is 20.2 Å². The third-order valence-corrected chi connectivity index (χ3v) is 3.45. The summed E-state index contributed by atoms with van der Waals surface area (Å²) in [6, 6.07) is 2.10. The van der Waals surface area contributed by atoms with Gasteiger partial charge in [0, 0.05) is 5.02 Å². The molecule has 1 aromatic carbocycles. The van der Waals surface area contributed by atoms with Gasteiger partial charge in [-0.3, -0.25) is 0 Å². The second-order valence-electron chi connectivity index (χ2n) is 4.33. The molecule has 92 valence electrons. The Kier molecular flexibility index (Phi) is 4.98. The number of benzene rings is 1. The van der Waals surface area contributed by atoms with Crippen LogP contribution in [-0.4, -0.2) is 11.7 Å². The Balaban J connectivity index is 3.16. The Bertz CT molecular complexity index is 470. The molecular weight excluding hydrogens is 232 g/mol. The molecule has 0 aliphatic carbocycles. The van der Waals surface area contributed by atoms with Crippen molar-refractivity contribution in [2.45, 2.75) is 27.7 Å². The van der Waals surface area contributed by atoms with E-state index < -0.39 is 0 Å². The van der Waals surface area contributed by atoms with Crippen LogP contribution in [0.15, 0.2) is 23.8 Å². The predicted molar refractivity (Wildman–Crippen MR) is 75.5 cm³/mol. The molecule has 1 nitrogen and oxygen atoms in total. The number of allylic oxidation sites excluding steroid dienone is 2. The maximum Gasteiger partial charge on any atom is 0.0617 e. The molecule has 0 saturated heterocycles. The standard InChI is InChI=1S/C15H19ClO/c1-10(7-8-17)5-6-14-11(2)9-12(3)15(16)13(14)4/h5-7,9,17H,8H2,1-4H3/b6-5+,10-7+. The van der Waals surface area contributed by atoms with Crippen molar-refractivity contribution in [3.05, 3.63) is 51.1 Å². The monoisotopic (exact) mass is 250 g/mol. The van der Waals surface area contributed by atoms with Crippen LogP contribution in [-0.2, 0) is 0 Å². The van der Waals surface area contributed by atoms with Gasteiger partial charge in [0.2, 0.25) is 0 Å². The minimum absolute atomic E-state index is 0.0722. The first kappa shape index (κ1) is 14.0. The van der Waals surface area contributed by atoms with Crippen molar-refractivity contribution in [1.29, 1.82) is 0 Å². The molecule has 0 aliphatic heterocycles. The molecule has 0 saturated carbocycles. The zero-order valence-electron chi connectivity index (χ0n) is 10.8. The minimum Gasteiger partial charge on any atom is -0.392 e. The molecule has 1 aromatic rings. The highest BCUT2D eigenvalue weighted by atomic mass is 35.5. The maximum atomic E-state index is 8.79. The van der Waals surface area contributed by atoms with Gasteiger partial charge in [-0.05, 0) is 49.9 Å². The lowest BCUT2D eigenvalue weighted by Crippen LogP contribution is -1.91. The van der Waals surface area contributed by atoms with Crippen molar-refractivity contribution in [2.24, 2.45) is 0 Å². The van der Waals surface area contributed by atoms with Crippen LogP contribution < -0.4 is 0 Å². The lowest BCUT2D eigenvalue weighted by molar-refractivity contribution is 0.342. The zero-order chi connectivity index (χ0) is 13.0. The summed E-state index contributed by atoms with van der Waals surface area (Å²) in [5, 5.41) is 9.62. The van der Waals surface area contributed by atoms with E-state index in [0.717, 1.165) is 27.3 Å². The molecule has 0 heterocycles. The van der Waals surface area contributed by atoms with E-state index in [1.807, 2.05) is 26.8 Å². The average molecular weight is 251 g/mol. The summed E-state index contributed by atoms with van der Waals surface area (Å²) >= 11 is 6.24. The molecule has 1 N–H and O–H groups in total. The number of aliphatic hydroxyl groups is 1. The molecule has 0 spiro atoms. The molecular formula is C15H19ClO. The van der Waals surface area contributed by atoms with Crippen LogP contribution in [0.5, 0.6) is 0 Å². The molecule has 0 aromatic heterocycles. The molecule has 0 aliphatic rings. The van der Waals surface area contributed by atoms with Crippen molar-refractivity contribution in [3.8, 4) is 0 Å². The van der Waals surface area contributed by atoms with E-state index in [9.17, 15) is 0 Å². The molecule has 0 bridgehead atoms. The number of halogens is 1. The molecule has 0 atom stereocenters. The van der Waals surface area contributed by atoms with Gasteiger partial charge in [0.1, 0.15) is 0 Å². The van der Waals surface area contributed by atoms with Crippen LogP contribution in [0.2, 0.25) is 5.02 Å². The van der Waals surface area contributed by atoms with E-state index in [1.54, 1.807) is 6.08 Å². The SMILES string of the molecule is CC(/C=C/c1c(C)cc(C)c(Cl)c1C)=C\CO. The Morgan fingerprint density at radius 3 is 2.53 bits per heavy atom. The second kappa shape index (κ2) is 6.04. The first-order valence-electron chi connectivity index (χ1n) is 5.69. The van der Waals surface area contributed by atoms with Gasteiger partial charge in [-0.15, -0.1) is 0 Å². The van der Waals surface area contributed by atoms with E-state index in [4.69, 9.17) is 16.7 Å². The summed E-state index contributed by atoms with van der Waals surface area (Å²) < 4.78 is 0. The number of aliphatic hydroxyl groups excluding tert-OH is 1. The summed E-state index contributed by atoms with van der Waals surface area (Å²) in [6.45, 7) is 8.18. The highest BCUT2D eigenvalue weighted by Crippen LogP contribution is 2.27. The van der Waals surface area contributed by atoms with Gasteiger partial charge in [-0.2, -0.15) is 0 Å². The molecule has 1 rings (SSSR count). The maximum absolute atomic E-state index is 8.79. The van der Waals surface area contributed by atoms with Crippen LogP contribution in [0.4, 0.5) is 0 Å². The highest BCUT2D eigenvalue weighted by molar-refractivity contribution is 6.32. The third-order valence-electron chi connectivity index (χ3n) is 2.86. The lowest BCUT2D eigenvalue weighted by atomic mass is 9.99. The number of rotatable bonds is 3. The number of aryl methyl sites for hydroxylation is 2. The van der Waals surface area contributed by atoms with Gasteiger partial charge >= 0.3 is 0 Å². The molecule has 0 fully saturated rings. The number of hydrogen-bond donors (Lipinski definition) is 1. The van der Waals surface area contributed by atoms with Crippen molar-refractivity contribution in [3.63, 3.8) is 0 Å². The van der Waals surface area contributed by atoms with E-state index >= 15 is 0 Å². The van der Waals surface area contributed by atoms with Gasteiger partial charge in [-0.1, -0.05) is 41.5 Å². The Morgan fingerprint density at radius 1 is 1.29 bits per heavy atom. The van der Waals surface area contributed by atoms with Gasteiger partial charge in [0.05, 0.1) is 6.61 Å². The normalized spacial score (nSPS) is 12.5. The summed E-state index contributed by atoms with van der Waals surface area (Å²) in [6.07, 6.45) is 5.83. The predicted octanol–water partition coefficient (Wildman–Crippen LogP) is 4.22. The fourth-order valence-corrected chi connectivity index (χ4v) is 2.02. The number of hydrogen-bond acceptors (Lipinski definition) is 1. The van der Waals surface area contributed by atoms with Crippen molar-refractivity contribution >= 4 is 17.7 Å². The average Bonchev–Trinajstić information content (AvgIpc) is 2.26. The molecule has 2 heteroatoms. The van der Waals surface area contributed by atoms with Gasteiger partial charge in [0.15, 0.2) is 0 Å². The highest BCUT2D eigenvalue weighted by Gasteiger charge is 2.06. The quantitative estimate of drug-likeness (QED) is 0.797. The fourth-order valence-electron chi connectivity index (χ4n) is 1.86. The second-order valence-corrected chi connectivity index (χ2v) is 4.71. The van der Waals surface area contributed by atoms with Crippen LogP contribution >= 0.6 is 11.6 Å². The van der Waals surface area contributed by atoms with Gasteiger partial charge in [-0.25, -0.2) is 0 Å². The van der Waals surface area contributed by atoms with E-state index in [-0.39, 0.29) is 6.61 Å². The van der Waals surface area contributed by atoms with Crippen LogP contribution in [0.3, 0.4) is 0 Å². The van der Waals surface area contributed by atoms with E-state index in [2.05, 4.69) is 19.1 Å².